The molecule has 0 amide bonds. The van der Waals surface area contributed by atoms with Gasteiger partial charge in [0.25, 0.3) is 0 Å². The van der Waals surface area contributed by atoms with Crippen LogP contribution < -0.4 is 9.47 Å². The van der Waals surface area contributed by atoms with Crippen LogP contribution in [0.2, 0.25) is 0 Å². The van der Waals surface area contributed by atoms with Gasteiger partial charge in [0.15, 0.2) is 11.6 Å². The summed E-state index contributed by atoms with van der Waals surface area (Å²) in [6, 6.07) is 15.4. The Labute approximate surface area is 178 Å². The fourth-order valence-electron chi connectivity index (χ4n) is 3.06. The van der Waals surface area contributed by atoms with E-state index >= 15 is 0 Å². The van der Waals surface area contributed by atoms with Gasteiger partial charge in [0.2, 0.25) is 5.82 Å². The molecule has 0 saturated carbocycles. The summed E-state index contributed by atoms with van der Waals surface area (Å²) >= 11 is 0. The highest BCUT2D eigenvalue weighted by Crippen LogP contribution is 2.31. The predicted molar refractivity (Wildman–Crippen MR) is 113 cm³/mol. The molecule has 6 heteroatoms. The zero-order valence-corrected chi connectivity index (χ0v) is 17.0. The number of aryl methyl sites for hydroxylation is 1. The molecule has 0 N–H and O–H groups in total. The lowest BCUT2D eigenvalue weighted by Crippen LogP contribution is -2.25. The predicted octanol–water partition coefficient (Wildman–Crippen LogP) is 7.28. The van der Waals surface area contributed by atoms with Crippen LogP contribution in [0, 0.1) is 11.6 Å². The van der Waals surface area contributed by atoms with Crippen LogP contribution in [0.15, 0.2) is 67.2 Å². The number of hydrogen-bond donors (Lipinski definition) is 0. The minimum absolute atomic E-state index is 0.0537. The molecule has 0 fully saturated rings. The Bertz CT molecular complexity index is 1030. The number of alkyl halides is 2. The zero-order valence-electron chi connectivity index (χ0n) is 17.0. The minimum Gasteiger partial charge on any atom is -0.491 e. The summed E-state index contributed by atoms with van der Waals surface area (Å²) < 4.78 is 66.6. The molecule has 31 heavy (non-hydrogen) atoms. The van der Waals surface area contributed by atoms with Crippen molar-refractivity contribution in [3.05, 3.63) is 90.0 Å². The SMILES string of the molecule is C=Cc1ccc(OC(F)(F)CCc2ccc(-c3ccc(OCC)c(F)c3F)cc2)cc1. The molecule has 0 aliphatic rings. The van der Waals surface area contributed by atoms with Gasteiger partial charge in [-0.05, 0) is 54.3 Å². The van der Waals surface area contributed by atoms with E-state index in [4.69, 9.17) is 9.47 Å². The lowest BCUT2D eigenvalue weighted by molar-refractivity contribution is -0.180. The van der Waals surface area contributed by atoms with E-state index in [0.717, 1.165) is 5.56 Å². The van der Waals surface area contributed by atoms with Crippen LogP contribution in [0.1, 0.15) is 24.5 Å². The lowest BCUT2D eigenvalue weighted by Gasteiger charge is -2.18. The molecule has 0 unspecified atom stereocenters. The van der Waals surface area contributed by atoms with Crippen LogP contribution >= 0.6 is 0 Å². The molecule has 0 saturated heterocycles. The van der Waals surface area contributed by atoms with Gasteiger partial charge in [-0.3, -0.25) is 0 Å². The zero-order chi connectivity index (χ0) is 22.4. The Morgan fingerprint density at radius 1 is 0.903 bits per heavy atom. The molecule has 0 aliphatic carbocycles. The van der Waals surface area contributed by atoms with Crippen LogP contribution in [0.25, 0.3) is 17.2 Å². The van der Waals surface area contributed by atoms with Crippen molar-refractivity contribution in [1.82, 2.24) is 0 Å². The van der Waals surface area contributed by atoms with Crippen LogP contribution in [-0.2, 0) is 6.42 Å². The maximum atomic E-state index is 14.4. The van der Waals surface area contributed by atoms with E-state index < -0.39 is 24.2 Å². The summed E-state index contributed by atoms with van der Waals surface area (Å²) in [5, 5.41) is 0. The summed E-state index contributed by atoms with van der Waals surface area (Å²) in [4.78, 5) is 0. The van der Waals surface area contributed by atoms with Gasteiger partial charge in [0.05, 0.1) is 13.0 Å². The molecule has 3 rings (SSSR count). The molecule has 162 valence electrons. The van der Waals surface area contributed by atoms with Crippen LogP contribution in [0.3, 0.4) is 0 Å². The number of ether oxygens (including phenoxy) is 2. The first-order chi connectivity index (χ1) is 14.8. The first-order valence-electron chi connectivity index (χ1n) is 9.82. The highest BCUT2D eigenvalue weighted by Gasteiger charge is 2.31. The van der Waals surface area contributed by atoms with Gasteiger partial charge in [-0.15, -0.1) is 0 Å². The first kappa shape index (κ1) is 22.4. The van der Waals surface area contributed by atoms with Gasteiger partial charge in [-0.1, -0.05) is 49.1 Å². The normalized spacial score (nSPS) is 11.3. The van der Waals surface area contributed by atoms with E-state index in [-0.39, 0.29) is 30.1 Å². The Kier molecular flexibility index (Phi) is 7.00. The first-order valence-corrected chi connectivity index (χ1v) is 9.82. The molecule has 3 aromatic rings. The van der Waals surface area contributed by atoms with Gasteiger partial charge in [-0.25, -0.2) is 4.39 Å². The van der Waals surface area contributed by atoms with Crippen molar-refractivity contribution in [2.45, 2.75) is 25.9 Å². The number of benzene rings is 3. The second-order valence-electron chi connectivity index (χ2n) is 6.88. The Hall–Kier alpha value is -3.28. The summed E-state index contributed by atoms with van der Waals surface area (Å²) in [6.45, 7) is 5.51. The molecule has 0 heterocycles. The Morgan fingerprint density at radius 3 is 2.19 bits per heavy atom. The van der Waals surface area contributed by atoms with Crippen molar-refractivity contribution in [3.8, 4) is 22.6 Å². The summed E-state index contributed by atoms with van der Waals surface area (Å²) in [5.74, 6) is -2.15. The fraction of sp³-hybridized carbons (Fsp3) is 0.200. The maximum absolute atomic E-state index is 14.4. The summed E-state index contributed by atoms with van der Waals surface area (Å²) in [7, 11) is 0. The van der Waals surface area contributed by atoms with E-state index in [2.05, 4.69) is 6.58 Å². The van der Waals surface area contributed by atoms with E-state index in [9.17, 15) is 17.6 Å². The van der Waals surface area contributed by atoms with Crippen LogP contribution in [-0.4, -0.2) is 12.7 Å². The van der Waals surface area contributed by atoms with E-state index in [1.54, 1.807) is 49.4 Å². The fourth-order valence-corrected chi connectivity index (χ4v) is 3.06. The van der Waals surface area contributed by atoms with Crippen LogP contribution in [0.4, 0.5) is 17.6 Å². The smallest absolute Gasteiger partial charge is 0.398 e. The van der Waals surface area contributed by atoms with Gasteiger partial charge >= 0.3 is 6.11 Å². The second kappa shape index (κ2) is 9.69. The largest absolute Gasteiger partial charge is 0.491 e. The second-order valence-corrected chi connectivity index (χ2v) is 6.88. The average Bonchev–Trinajstić information content (AvgIpc) is 2.77. The maximum Gasteiger partial charge on any atom is 0.398 e. The lowest BCUT2D eigenvalue weighted by atomic mass is 10.0. The topological polar surface area (TPSA) is 18.5 Å². The standard InChI is InChI=1S/C25H22F4O2/c1-3-17-7-11-20(12-8-17)31-25(28,29)16-15-18-5-9-19(10-6-18)21-13-14-22(30-4-2)24(27)23(21)26/h3,5-14H,1,4,15-16H2,2H3. The molecule has 0 atom stereocenters. The van der Waals surface area contributed by atoms with E-state index in [0.29, 0.717) is 11.1 Å². The Balaban J connectivity index is 1.65. The third-order valence-electron chi connectivity index (χ3n) is 4.70. The van der Waals surface area contributed by atoms with Crippen molar-refractivity contribution in [3.63, 3.8) is 0 Å². The number of rotatable bonds is 9. The molecule has 3 aromatic carbocycles. The molecule has 0 aliphatic heterocycles. The molecule has 0 aromatic heterocycles. The van der Waals surface area contributed by atoms with Crippen molar-refractivity contribution in [2.24, 2.45) is 0 Å². The highest BCUT2D eigenvalue weighted by atomic mass is 19.3. The van der Waals surface area contributed by atoms with Crippen LogP contribution in [0.5, 0.6) is 11.5 Å². The molecule has 0 spiro atoms. The van der Waals surface area contributed by atoms with Crippen molar-refractivity contribution >= 4 is 6.08 Å². The van der Waals surface area contributed by atoms with Gasteiger partial charge < -0.3 is 9.47 Å². The third kappa shape index (κ3) is 5.66. The molecular weight excluding hydrogens is 408 g/mol. The van der Waals surface area contributed by atoms with Gasteiger partial charge in [0.1, 0.15) is 5.75 Å². The van der Waals surface area contributed by atoms with E-state index in [1.165, 1.54) is 24.3 Å². The Morgan fingerprint density at radius 2 is 1.58 bits per heavy atom. The molecule has 2 nitrogen and oxygen atoms in total. The number of hydrogen-bond acceptors (Lipinski definition) is 2. The minimum atomic E-state index is -3.35. The highest BCUT2D eigenvalue weighted by molar-refractivity contribution is 5.65. The summed E-state index contributed by atoms with van der Waals surface area (Å²) in [5.41, 5.74) is 1.94. The van der Waals surface area contributed by atoms with Crippen molar-refractivity contribution in [2.75, 3.05) is 6.61 Å². The quantitative estimate of drug-likeness (QED) is 0.332. The third-order valence-corrected chi connectivity index (χ3v) is 4.70. The van der Waals surface area contributed by atoms with Crippen molar-refractivity contribution < 1.29 is 27.0 Å². The molecular formula is C25H22F4O2. The number of halogens is 4. The van der Waals surface area contributed by atoms with Gasteiger partial charge in [-0.2, -0.15) is 13.2 Å². The molecule has 0 radical (unpaired) electrons. The summed E-state index contributed by atoms with van der Waals surface area (Å²) in [6.07, 6.45) is -2.21. The monoisotopic (exact) mass is 430 g/mol. The van der Waals surface area contributed by atoms with Gasteiger partial charge in [0, 0.05) is 5.56 Å². The van der Waals surface area contributed by atoms with E-state index in [1.807, 2.05) is 0 Å². The molecule has 0 bridgehead atoms. The van der Waals surface area contributed by atoms with Crippen molar-refractivity contribution in [1.29, 1.82) is 0 Å². The average molecular weight is 430 g/mol.